The molecule has 1 N–H and O–H groups in total. The fourth-order valence-corrected chi connectivity index (χ4v) is 2.36. The molecular weight excluding hydrogens is 324 g/mol. The maximum Gasteiger partial charge on any atom is 0.255 e. The first-order valence-electron chi connectivity index (χ1n) is 7.86. The molecule has 9 nitrogen and oxygen atoms in total. The van der Waals surface area contributed by atoms with Crippen molar-refractivity contribution in [3.8, 4) is 11.7 Å². The van der Waals surface area contributed by atoms with E-state index in [1.54, 1.807) is 37.8 Å². The number of ether oxygens (including phenoxy) is 1. The molecule has 0 aliphatic carbocycles. The van der Waals surface area contributed by atoms with Crippen LogP contribution in [-0.4, -0.2) is 63.9 Å². The van der Waals surface area contributed by atoms with E-state index in [4.69, 9.17) is 4.74 Å². The average Bonchev–Trinajstić information content (AvgIpc) is 3.04. The molecule has 2 rings (SSSR count). The quantitative estimate of drug-likeness (QED) is 0.814. The summed E-state index contributed by atoms with van der Waals surface area (Å²) in [4.78, 5) is 25.9. The molecule has 134 valence electrons. The summed E-state index contributed by atoms with van der Waals surface area (Å²) in [6.07, 6.45) is 2.03. The molecule has 0 unspecified atom stereocenters. The third kappa shape index (κ3) is 3.93. The molecule has 0 bridgehead atoms. The van der Waals surface area contributed by atoms with Gasteiger partial charge in [0.25, 0.3) is 5.91 Å². The van der Waals surface area contributed by atoms with Gasteiger partial charge in [-0.15, -0.1) is 10.2 Å². The summed E-state index contributed by atoms with van der Waals surface area (Å²) in [5.41, 5.74) is 1.08. The summed E-state index contributed by atoms with van der Waals surface area (Å²) in [5, 5.41) is 14.9. The van der Waals surface area contributed by atoms with E-state index in [9.17, 15) is 9.59 Å². The van der Waals surface area contributed by atoms with Gasteiger partial charge < -0.3 is 15.0 Å². The monoisotopic (exact) mass is 346 g/mol. The highest BCUT2D eigenvalue weighted by Crippen LogP contribution is 2.15. The summed E-state index contributed by atoms with van der Waals surface area (Å²) >= 11 is 0. The van der Waals surface area contributed by atoms with Crippen molar-refractivity contribution in [3.05, 3.63) is 29.6 Å². The fraction of sp³-hybridized carbons (Fsp3) is 0.438. The van der Waals surface area contributed by atoms with Gasteiger partial charge >= 0.3 is 0 Å². The van der Waals surface area contributed by atoms with Crippen LogP contribution in [0.5, 0.6) is 5.88 Å². The van der Waals surface area contributed by atoms with Crippen molar-refractivity contribution in [1.29, 1.82) is 0 Å². The number of hydrogen-bond donors (Lipinski definition) is 1. The maximum atomic E-state index is 12.5. The molecule has 1 atom stereocenters. The molecule has 0 saturated carbocycles. The third-order valence-corrected chi connectivity index (χ3v) is 3.66. The van der Waals surface area contributed by atoms with Crippen molar-refractivity contribution in [2.45, 2.75) is 26.3 Å². The SMILES string of the molecule is CCc1c(C(=O)N[C@@H](C)C(=O)N(C)C)cnn1-c1ccc(OC)nn1. The van der Waals surface area contributed by atoms with Crippen molar-refractivity contribution in [2.75, 3.05) is 21.2 Å². The minimum Gasteiger partial charge on any atom is -0.480 e. The van der Waals surface area contributed by atoms with Gasteiger partial charge in [0.1, 0.15) is 6.04 Å². The number of aromatic nitrogens is 4. The Hall–Kier alpha value is -2.97. The lowest BCUT2D eigenvalue weighted by Crippen LogP contribution is -2.44. The van der Waals surface area contributed by atoms with E-state index in [-0.39, 0.29) is 11.8 Å². The van der Waals surface area contributed by atoms with Crippen molar-refractivity contribution in [1.82, 2.24) is 30.2 Å². The number of likely N-dealkylation sites (N-methyl/N-ethyl adjacent to an activating group) is 1. The third-order valence-electron chi connectivity index (χ3n) is 3.66. The van der Waals surface area contributed by atoms with E-state index < -0.39 is 6.04 Å². The highest BCUT2D eigenvalue weighted by atomic mass is 16.5. The number of amides is 2. The summed E-state index contributed by atoms with van der Waals surface area (Å²) < 4.78 is 6.54. The molecule has 2 amide bonds. The molecule has 0 spiro atoms. The van der Waals surface area contributed by atoms with E-state index in [0.717, 1.165) is 0 Å². The Kier molecular flexibility index (Phi) is 5.68. The Morgan fingerprint density at radius 3 is 2.56 bits per heavy atom. The van der Waals surface area contributed by atoms with Gasteiger partial charge in [-0.2, -0.15) is 5.10 Å². The van der Waals surface area contributed by atoms with Gasteiger partial charge in [-0.3, -0.25) is 9.59 Å². The van der Waals surface area contributed by atoms with Crippen LogP contribution in [-0.2, 0) is 11.2 Å². The maximum absolute atomic E-state index is 12.5. The van der Waals surface area contributed by atoms with E-state index >= 15 is 0 Å². The molecule has 9 heteroatoms. The van der Waals surface area contributed by atoms with Gasteiger partial charge in [-0.1, -0.05) is 6.92 Å². The van der Waals surface area contributed by atoms with Gasteiger partial charge in [0, 0.05) is 20.2 Å². The summed E-state index contributed by atoms with van der Waals surface area (Å²) in [5.74, 6) is 0.337. The van der Waals surface area contributed by atoms with Crippen LogP contribution in [0.3, 0.4) is 0 Å². The molecule has 0 aliphatic rings. The van der Waals surface area contributed by atoms with E-state index in [2.05, 4.69) is 20.6 Å². The zero-order valence-electron chi connectivity index (χ0n) is 15.0. The van der Waals surface area contributed by atoms with Crippen LogP contribution in [0.1, 0.15) is 29.9 Å². The lowest BCUT2D eigenvalue weighted by atomic mass is 10.1. The second kappa shape index (κ2) is 7.73. The Bertz CT molecular complexity index is 754. The Balaban J connectivity index is 2.26. The summed E-state index contributed by atoms with van der Waals surface area (Å²) in [7, 11) is 4.79. The van der Waals surface area contributed by atoms with E-state index in [0.29, 0.717) is 29.4 Å². The van der Waals surface area contributed by atoms with Crippen LogP contribution in [0.2, 0.25) is 0 Å². The van der Waals surface area contributed by atoms with Crippen LogP contribution < -0.4 is 10.1 Å². The fourth-order valence-electron chi connectivity index (χ4n) is 2.36. The Morgan fingerprint density at radius 2 is 2.04 bits per heavy atom. The first kappa shape index (κ1) is 18.4. The first-order chi connectivity index (χ1) is 11.9. The van der Waals surface area contributed by atoms with Gasteiger partial charge in [-0.05, 0) is 19.4 Å². The van der Waals surface area contributed by atoms with Gasteiger partial charge in [0.05, 0.1) is 24.6 Å². The normalized spacial score (nSPS) is 11.7. The topological polar surface area (TPSA) is 102 Å². The average molecular weight is 346 g/mol. The molecular formula is C16H22N6O3. The number of nitrogens with one attached hydrogen (secondary N) is 1. The first-order valence-corrected chi connectivity index (χ1v) is 7.86. The highest BCUT2D eigenvalue weighted by molar-refractivity contribution is 5.98. The smallest absolute Gasteiger partial charge is 0.255 e. The predicted molar refractivity (Wildman–Crippen MR) is 90.7 cm³/mol. The zero-order valence-corrected chi connectivity index (χ0v) is 15.0. The zero-order chi connectivity index (χ0) is 18.6. The van der Waals surface area contributed by atoms with Crippen LogP contribution in [0, 0.1) is 0 Å². The molecule has 25 heavy (non-hydrogen) atoms. The molecule has 0 fully saturated rings. The molecule has 2 aromatic heterocycles. The molecule has 2 heterocycles. The molecule has 0 saturated heterocycles. The van der Waals surface area contributed by atoms with Crippen molar-refractivity contribution in [3.63, 3.8) is 0 Å². The minimum absolute atomic E-state index is 0.181. The molecule has 0 radical (unpaired) electrons. The van der Waals surface area contributed by atoms with Crippen molar-refractivity contribution < 1.29 is 14.3 Å². The van der Waals surface area contributed by atoms with Crippen molar-refractivity contribution >= 4 is 11.8 Å². The second-order valence-electron chi connectivity index (χ2n) is 5.63. The van der Waals surface area contributed by atoms with E-state index in [1.807, 2.05) is 6.92 Å². The van der Waals surface area contributed by atoms with Gasteiger partial charge in [0.15, 0.2) is 5.82 Å². The number of methoxy groups -OCH3 is 1. The molecule has 2 aromatic rings. The van der Waals surface area contributed by atoms with Gasteiger partial charge in [-0.25, -0.2) is 4.68 Å². The van der Waals surface area contributed by atoms with Crippen LogP contribution >= 0.6 is 0 Å². The lowest BCUT2D eigenvalue weighted by Gasteiger charge is -2.18. The highest BCUT2D eigenvalue weighted by Gasteiger charge is 2.22. The number of hydrogen-bond acceptors (Lipinski definition) is 6. The van der Waals surface area contributed by atoms with Gasteiger partial charge in [0.2, 0.25) is 11.8 Å². The largest absolute Gasteiger partial charge is 0.480 e. The summed E-state index contributed by atoms with van der Waals surface area (Å²) in [6.45, 7) is 3.56. The van der Waals surface area contributed by atoms with Crippen molar-refractivity contribution in [2.24, 2.45) is 0 Å². The number of carbonyl (C=O) groups is 2. The molecule has 0 aromatic carbocycles. The summed E-state index contributed by atoms with van der Waals surface area (Å²) in [6, 6.07) is 2.75. The molecule has 0 aliphatic heterocycles. The van der Waals surface area contributed by atoms with Crippen LogP contribution in [0.25, 0.3) is 5.82 Å². The van der Waals surface area contributed by atoms with E-state index in [1.165, 1.54) is 18.2 Å². The standard InChI is InChI=1S/C16H22N6O3/c1-6-12-11(15(23)18-10(2)16(24)21(3)4)9-17-22(12)13-7-8-14(25-5)20-19-13/h7-10H,6H2,1-5H3,(H,18,23)/t10-/m0/s1. The lowest BCUT2D eigenvalue weighted by molar-refractivity contribution is -0.130. The number of carbonyl (C=O) groups excluding carboxylic acids is 2. The Labute approximate surface area is 146 Å². The number of rotatable bonds is 6. The number of nitrogens with zero attached hydrogens (tertiary/aromatic N) is 5. The minimum atomic E-state index is -0.628. The predicted octanol–water partition coefficient (Wildman–Crippen LogP) is 0.440. The second-order valence-corrected chi connectivity index (χ2v) is 5.63. The van der Waals surface area contributed by atoms with Crippen LogP contribution in [0.15, 0.2) is 18.3 Å². The Morgan fingerprint density at radius 1 is 1.32 bits per heavy atom. The van der Waals surface area contributed by atoms with Crippen LogP contribution in [0.4, 0.5) is 0 Å².